The van der Waals surface area contributed by atoms with E-state index in [1.165, 1.54) is 32.1 Å². The number of aldehydes is 1. The van der Waals surface area contributed by atoms with Gasteiger partial charge in [0.25, 0.3) is 0 Å². The number of rotatable bonds is 12. The lowest BCUT2D eigenvalue weighted by Gasteiger charge is -2.27. The van der Waals surface area contributed by atoms with Crippen LogP contribution in [0.5, 0.6) is 5.75 Å². The predicted octanol–water partition coefficient (Wildman–Crippen LogP) is 6.22. The molecule has 146 valence electrons. The molecule has 0 spiro atoms. The van der Waals surface area contributed by atoms with E-state index in [1.807, 2.05) is 33.8 Å². The first kappa shape index (κ1) is 22.4. The van der Waals surface area contributed by atoms with Crippen LogP contribution in [0.3, 0.4) is 0 Å². The third-order valence-electron chi connectivity index (χ3n) is 4.92. The van der Waals surface area contributed by atoms with E-state index < -0.39 is 0 Å². The molecule has 0 N–H and O–H groups in total. The molecule has 0 amide bonds. The Morgan fingerprint density at radius 3 is 2.27 bits per heavy atom. The highest BCUT2D eigenvalue weighted by Crippen LogP contribution is 2.37. The van der Waals surface area contributed by atoms with Crippen LogP contribution in [0.25, 0.3) is 0 Å². The Kier molecular flexibility index (Phi) is 9.61. The van der Waals surface area contributed by atoms with Crippen LogP contribution in [0.4, 0.5) is 0 Å². The molecule has 0 unspecified atom stereocenters. The van der Waals surface area contributed by atoms with Gasteiger partial charge in [0.05, 0.1) is 0 Å². The van der Waals surface area contributed by atoms with Crippen molar-refractivity contribution in [3.63, 3.8) is 0 Å². The summed E-state index contributed by atoms with van der Waals surface area (Å²) >= 11 is 0. The summed E-state index contributed by atoms with van der Waals surface area (Å²) in [6.07, 6.45) is 10.0. The van der Waals surface area contributed by atoms with Gasteiger partial charge in [-0.3, -0.25) is 4.79 Å². The molecule has 0 aliphatic carbocycles. The summed E-state index contributed by atoms with van der Waals surface area (Å²) in [6.45, 7) is 10.3. The number of unbranched alkanes of at least 4 members (excludes halogenated alkanes) is 6. The van der Waals surface area contributed by atoms with Crippen LogP contribution < -0.4 is 4.74 Å². The third-order valence-corrected chi connectivity index (χ3v) is 4.92. The minimum Gasteiger partial charge on any atom is -0.426 e. The van der Waals surface area contributed by atoms with Gasteiger partial charge in [0.2, 0.25) is 0 Å². The number of carbonyl (C=O) groups excluding carboxylic acids is 2. The highest BCUT2D eigenvalue weighted by molar-refractivity contribution is 5.73. The van der Waals surface area contributed by atoms with Gasteiger partial charge < -0.3 is 9.53 Å². The topological polar surface area (TPSA) is 43.4 Å². The minimum absolute atomic E-state index is 0.174. The van der Waals surface area contributed by atoms with Crippen molar-refractivity contribution in [2.24, 2.45) is 0 Å². The second-order valence-electron chi connectivity index (χ2n) is 8.06. The van der Waals surface area contributed by atoms with Crippen LogP contribution >= 0.6 is 0 Å². The van der Waals surface area contributed by atoms with Crippen LogP contribution in [0.15, 0.2) is 12.1 Å². The molecule has 0 saturated heterocycles. The molecule has 0 fully saturated rings. The summed E-state index contributed by atoms with van der Waals surface area (Å²) in [4.78, 5) is 23.4. The summed E-state index contributed by atoms with van der Waals surface area (Å²) in [5.41, 5.74) is 2.74. The van der Waals surface area contributed by atoms with Crippen molar-refractivity contribution in [1.82, 2.24) is 0 Å². The number of benzene rings is 1. The number of ether oxygens (including phenoxy) is 1. The summed E-state index contributed by atoms with van der Waals surface area (Å²) in [5.74, 6) is 0.439. The molecule has 3 heteroatoms. The first-order valence-electron chi connectivity index (χ1n) is 10.1. The lowest BCUT2D eigenvalue weighted by molar-refractivity contribution is -0.134. The fraction of sp³-hybridized carbons (Fsp3) is 0.652. The largest absolute Gasteiger partial charge is 0.426 e. The summed E-state index contributed by atoms with van der Waals surface area (Å²) in [5, 5.41) is 0. The zero-order valence-electron chi connectivity index (χ0n) is 17.3. The van der Waals surface area contributed by atoms with E-state index in [0.29, 0.717) is 18.6 Å². The Morgan fingerprint density at radius 2 is 1.65 bits per heavy atom. The number of hydrogen-bond donors (Lipinski definition) is 0. The fourth-order valence-electron chi connectivity index (χ4n) is 3.59. The predicted molar refractivity (Wildman–Crippen MR) is 108 cm³/mol. The molecule has 1 rings (SSSR count). The third kappa shape index (κ3) is 7.31. The van der Waals surface area contributed by atoms with Gasteiger partial charge in [-0.15, -0.1) is 0 Å². The Bertz CT molecular complexity index is 587. The average molecular weight is 361 g/mol. The summed E-state index contributed by atoms with van der Waals surface area (Å²) in [7, 11) is 0. The van der Waals surface area contributed by atoms with Crippen molar-refractivity contribution in [2.45, 2.75) is 97.8 Å². The van der Waals surface area contributed by atoms with Crippen LogP contribution in [-0.4, -0.2) is 12.3 Å². The molecule has 0 aromatic heterocycles. The van der Waals surface area contributed by atoms with E-state index >= 15 is 0 Å². The molecular weight excluding hydrogens is 324 g/mol. The van der Waals surface area contributed by atoms with E-state index in [4.69, 9.17) is 4.74 Å². The van der Waals surface area contributed by atoms with Crippen molar-refractivity contribution < 1.29 is 14.3 Å². The number of aryl methyl sites for hydroxylation is 2. The Balaban J connectivity index is 2.68. The molecule has 0 radical (unpaired) electrons. The maximum absolute atomic E-state index is 12.3. The van der Waals surface area contributed by atoms with Gasteiger partial charge in [0.1, 0.15) is 12.0 Å². The lowest BCUT2D eigenvalue weighted by Crippen LogP contribution is -2.22. The SMILES string of the molecule is CCCCCCCCCC(=O)Oc1cc(C)cc(C)c1C(C)(C)CC=O. The van der Waals surface area contributed by atoms with Gasteiger partial charge in [0, 0.05) is 23.8 Å². The van der Waals surface area contributed by atoms with Crippen LogP contribution in [0.1, 0.15) is 95.2 Å². The number of hydrogen-bond acceptors (Lipinski definition) is 3. The zero-order chi connectivity index (χ0) is 19.6. The fourth-order valence-corrected chi connectivity index (χ4v) is 3.59. The molecule has 1 aromatic rings. The molecule has 0 aliphatic heterocycles. The highest BCUT2D eigenvalue weighted by Gasteiger charge is 2.27. The van der Waals surface area contributed by atoms with Gasteiger partial charge >= 0.3 is 5.97 Å². The molecule has 0 heterocycles. The molecule has 0 atom stereocenters. The minimum atomic E-state index is -0.353. The Hall–Kier alpha value is -1.64. The Morgan fingerprint density at radius 1 is 1.04 bits per heavy atom. The number of esters is 1. The van der Waals surface area contributed by atoms with Crippen LogP contribution in [-0.2, 0) is 15.0 Å². The van der Waals surface area contributed by atoms with E-state index in [9.17, 15) is 9.59 Å². The van der Waals surface area contributed by atoms with Crippen molar-refractivity contribution in [1.29, 1.82) is 0 Å². The van der Waals surface area contributed by atoms with Gasteiger partial charge in [0.15, 0.2) is 0 Å². The van der Waals surface area contributed by atoms with Crippen molar-refractivity contribution in [2.75, 3.05) is 0 Å². The van der Waals surface area contributed by atoms with E-state index in [1.54, 1.807) is 0 Å². The Labute approximate surface area is 159 Å². The summed E-state index contributed by atoms with van der Waals surface area (Å²) < 4.78 is 5.73. The smallest absolute Gasteiger partial charge is 0.311 e. The van der Waals surface area contributed by atoms with E-state index in [0.717, 1.165) is 35.8 Å². The van der Waals surface area contributed by atoms with Crippen molar-refractivity contribution >= 4 is 12.3 Å². The first-order chi connectivity index (χ1) is 12.3. The maximum Gasteiger partial charge on any atom is 0.311 e. The molecular formula is C23H36O3. The normalized spacial score (nSPS) is 11.4. The standard InChI is InChI=1S/C23H36O3/c1-6-7-8-9-10-11-12-13-21(25)26-20-17-18(2)16-19(3)22(20)23(4,5)14-15-24/h15-17H,6-14H2,1-5H3. The van der Waals surface area contributed by atoms with Crippen LogP contribution in [0.2, 0.25) is 0 Å². The zero-order valence-corrected chi connectivity index (χ0v) is 17.3. The molecule has 0 bridgehead atoms. The van der Waals surface area contributed by atoms with Gasteiger partial charge in [-0.25, -0.2) is 0 Å². The molecule has 1 aromatic carbocycles. The van der Waals surface area contributed by atoms with Gasteiger partial charge in [-0.05, 0) is 37.5 Å². The van der Waals surface area contributed by atoms with Crippen molar-refractivity contribution in [3.8, 4) is 5.75 Å². The summed E-state index contributed by atoms with van der Waals surface area (Å²) in [6, 6.07) is 3.99. The van der Waals surface area contributed by atoms with E-state index in [2.05, 4.69) is 13.0 Å². The average Bonchev–Trinajstić information content (AvgIpc) is 2.52. The number of carbonyl (C=O) groups is 2. The lowest BCUT2D eigenvalue weighted by atomic mass is 9.78. The second kappa shape index (κ2) is 11.2. The monoisotopic (exact) mass is 360 g/mol. The molecule has 0 aliphatic rings. The second-order valence-corrected chi connectivity index (χ2v) is 8.06. The van der Waals surface area contributed by atoms with Gasteiger partial charge in [-0.1, -0.05) is 65.4 Å². The van der Waals surface area contributed by atoms with Gasteiger partial charge in [-0.2, -0.15) is 0 Å². The van der Waals surface area contributed by atoms with Crippen LogP contribution in [0, 0.1) is 13.8 Å². The maximum atomic E-state index is 12.3. The molecule has 26 heavy (non-hydrogen) atoms. The van der Waals surface area contributed by atoms with E-state index in [-0.39, 0.29) is 11.4 Å². The molecule has 3 nitrogen and oxygen atoms in total. The van der Waals surface area contributed by atoms with Crippen molar-refractivity contribution in [3.05, 3.63) is 28.8 Å². The molecule has 0 saturated carbocycles. The highest BCUT2D eigenvalue weighted by atomic mass is 16.5. The first-order valence-corrected chi connectivity index (χ1v) is 10.1. The quantitative estimate of drug-likeness (QED) is 0.192.